The molecule has 0 aliphatic rings. The third kappa shape index (κ3) is 3.96. The van der Waals surface area contributed by atoms with Crippen molar-refractivity contribution in [2.24, 2.45) is 0 Å². The lowest BCUT2D eigenvalue weighted by Gasteiger charge is -2.08. The van der Waals surface area contributed by atoms with Gasteiger partial charge in [0, 0.05) is 6.08 Å². The van der Waals surface area contributed by atoms with Gasteiger partial charge in [-0.2, -0.15) is 0 Å². The number of aromatic carboxylic acids is 1. The predicted octanol–water partition coefficient (Wildman–Crippen LogP) is 4.05. The zero-order chi connectivity index (χ0) is 15.4. The first-order valence-corrected chi connectivity index (χ1v) is 6.90. The molecular weight excluding hydrogens is 362 g/mol. The van der Waals surface area contributed by atoms with Crippen LogP contribution in [0.5, 0.6) is 0 Å². The number of amides is 1. The van der Waals surface area contributed by atoms with E-state index in [0.29, 0.717) is 10.4 Å². The summed E-state index contributed by atoms with van der Waals surface area (Å²) in [6.07, 6.45) is 2.68. The Balaban J connectivity index is 2.16. The summed E-state index contributed by atoms with van der Waals surface area (Å²) in [6, 6.07) is 7.71. The van der Waals surface area contributed by atoms with E-state index in [-0.39, 0.29) is 16.3 Å². The van der Waals surface area contributed by atoms with Crippen molar-refractivity contribution in [3.8, 4) is 0 Å². The van der Waals surface area contributed by atoms with Gasteiger partial charge in [-0.25, -0.2) is 4.79 Å². The topological polar surface area (TPSA) is 79.5 Å². The molecule has 1 amide bonds. The molecule has 21 heavy (non-hydrogen) atoms. The number of carbonyl (C=O) groups excluding carboxylic acids is 1. The number of anilines is 1. The Labute approximate surface area is 133 Å². The first kappa shape index (κ1) is 15.3. The van der Waals surface area contributed by atoms with E-state index in [4.69, 9.17) is 21.1 Å². The highest BCUT2D eigenvalue weighted by atomic mass is 79.9. The Morgan fingerprint density at radius 2 is 2.05 bits per heavy atom. The molecule has 0 bridgehead atoms. The normalized spacial score (nSPS) is 10.8. The van der Waals surface area contributed by atoms with Gasteiger partial charge in [0.15, 0.2) is 4.67 Å². The van der Waals surface area contributed by atoms with Crippen LogP contribution < -0.4 is 5.32 Å². The molecule has 1 heterocycles. The first-order chi connectivity index (χ1) is 9.97. The molecule has 7 heteroatoms. The molecule has 0 radical (unpaired) electrons. The number of benzene rings is 1. The zero-order valence-corrected chi connectivity index (χ0v) is 12.8. The molecule has 108 valence electrons. The number of carbonyl (C=O) groups is 2. The van der Waals surface area contributed by atoms with Crippen molar-refractivity contribution in [1.29, 1.82) is 0 Å². The average molecular weight is 371 g/mol. The average Bonchev–Trinajstić information content (AvgIpc) is 2.84. The second-order valence-corrected chi connectivity index (χ2v) is 5.12. The van der Waals surface area contributed by atoms with Crippen LogP contribution in [0.15, 0.2) is 45.5 Å². The standard InChI is InChI=1S/C14H9BrClNO4/c15-11-6-4-8(21-11)5-7-12(18)17-13-9(14(19)20)2-1-3-10(13)16/h1-7H,(H,17,18)(H,19,20)/b7-5+. The van der Waals surface area contributed by atoms with E-state index in [2.05, 4.69) is 21.2 Å². The van der Waals surface area contributed by atoms with Crippen molar-refractivity contribution >= 4 is 51.2 Å². The fraction of sp³-hybridized carbons (Fsp3) is 0. The minimum atomic E-state index is -1.17. The van der Waals surface area contributed by atoms with Crippen LogP contribution in [0.1, 0.15) is 16.1 Å². The number of halogens is 2. The lowest BCUT2D eigenvalue weighted by atomic mass is 10.1. The summed E-state index contributed by atoms with van der Waals surface area (Å²) in [5.74, 6) is -1.21. The molecule has 0 spiro atoms. The van der Waals surface area contributed by atoms with E-state index in [0.717, 1.165) is 0 Å². The number of hydrogen-bond donors (Lipinski definition) is 2. The number of carboxylic acid groups (broad SMARTS) is 1. The molecule has 1 aromatic heterocycles. The Bertz CT molecular complexity index is 724. The van der Waals surface area contributed by atoms with E-state index in [1.807, 2.05) is 0 Å². The summed E-state index contributed by atoms with van der Waals surface area (Å²) in [5.41, 5.74) is -0.0214. The monoisotopic (exact) mass is 369 g/mol. The van der Waals surface area contributed by atoms with Gasteiger partial charge >= 0.3 is 5.97 Å². The minimum Gasteiger partial charge on any atom is -0.478 e. The van der Waals surface area contributed by atoms with E-state index < -0.39 is 11.9 Å². The number of para-hydroxylation sites is 1. The van der Waals surface area contributed by atoms with Gasteiger partial charge < -0.3 is 14.8 Å². The summed E-state index contributed by atoms with van der Waals surface area (Å²) in [7, 11) is 0. The lowest BCUT2D eigenvalue weighted by Crippen LogP contribution is -2.12. The van der Waals surface area contributed by atoms with Crippen LogP contribution in [0, 0.1) is 0 Å². The fourth-order valence-electron chi connectivity index (χ4n) is 1.57. The molecule has 2 N–H and O–H groups in total. The summed E-state index contributed by atoms with van der Waals surface area (Å²) >= 11 is 9.06. The summed E-state index contributed by atoms with van der Waals surface area (Å²) in [5, 5.41) is 11.7. The van der Waals surface area contributed by atoms with Crippen LogP contribution >= 0.6 is 27.5 Å². The Morgan fingerprint density at radius 3 is 2.67 bits per heavy atom. The van der Waals surface area contributed by atoms with E-state index in [1.165, 1.54) is 30.4 Å². The van der Waals surface area contributed by atoms with Gasteiger partial charge in [-0.3, -0.25) is 4.79 Å². The number of rotatable bonds is 4. The molecule has 0 unspecified atom stereocenters. The molecule has 1 aromatic carbocycles. The smallest absolute Gasteiger partial charge is 0.337 e. The highest BCUT2D eigenvalue weighted by Crippen LogP contribution is 2.26. The van der Waals surface area contributed by atoms with Crippen LogP contribution in [0.2, 0.25) is 5.02 Å². The van der Waals surface area contributed by atoms with E-state index >= 15 is 0 Å². The van der Waals surface area contributed by atoms with Crippen molar-refractivity contribution in [3.63, 3.8) is 0 Å². The number of furan rings is 1. The quantitative estimate of drug-likeness (QED) is 0.796. The van der Waals surface area contributed by atoms with Gasteiger partial charge in [-0.1, -0.05) is 17.7 Å². The SMILES string of the molecule is O=C(/C=C/c1ccc(Br)o1)Nc1c(Cl)cccc1C(=O)O. The molecule has 2 rings (SSSR count). The molecular formula is C14H9BrClNO4. The molecule has 0 saturated heterocycles. The first-order valence-electron chi connectivity index (χ1n) is 5.73. The van der Waals surface area contributed by atoms with Crippen LogP contribution in [0.25, 0.3) is 6.08 Å². The third-order valence-corrected chi connectivity index (χ3v) is 3.23. The number of carboxylic acids is 1. The van der Waals surface area contributed by atoms with E-state index in [9.17, 15) is 9.59 Å². The van der Waals surface area contributed by atoms with Gasteiger partial charge in [-0.05, 0) is 46.3 Å². The van der Waals surface area contributed by atoms with Gasteiger partial charge in [0.05, 0.1) is 16.3 Å². The summed E-state index contributed by atoms with van der Waals surface area (Å²) in [4.78, 5) is 22.9. The molecule has 0 atom stereocenters. The second-order valence-electron chi connectivity index (χ2n) is 3.93. The Morgan fingerprint density at radius 1 is 1.29 bits per heavy atom. The van der Waals surface area contributed by atoms with Crippen molar-refractivity contribution in [1.82, 2.24) is 0 Å². The van der Waals surface area contributed by atoms with Gasteiger partial charge in [-0.15, -0.1) is 0 Å². The van der Waals surface area contributed by atoms with Crippen LogP contribution in [0.4, 0.5) is 5.69 Å². The molecule has 0 aliphatic heterocycles. The largest absolute Gasteiger partial charge is 0.478 e. The lowest BCUT2D eigenvalue weighted by molar-refractivity contribution is -0.111. The van der Waals surface area contributed by atoms with Gasteiger partial charge in [0.1, 0.15) is 5.76 Å². The Hall–Kier alpha value is -2.05. The second kappa shape index (κ2) is 6.60. The van der Waals surface area contributed by atoms with Gasteiger partial charge in [0.25, 0.3) is 0 Å². The van der Waals surface area contributed by atoms with Crippen LogP contribution in [-0.4, -0.2) is 17.0 Å². The molecule has 5 nitrogen and oxygen atoms in total. The van der Waals surface area contributed by atoms with Crippen molar-refractivity contribution in [3.05, 3.63) is 57.4 Å². The zero-order valence-electron chi connectivity index (χ0n) is 10.5. The van der Waals surface area contributed by atoms with Crippen molar-refractivity contribution < 1.29 is 19.1 Å². The van der Waals surface area contributed by atoms with Crippen molar-refractivity contribution in [2.75, 3.05) is 5.32 Å². The fourth-order valence-corrected chi connectivity index (χ4v) is 2.11. The van der Waals surface area contributed by atoms with Crippen LogP contribution in [-0.2, 0) is 4.79 Å². The van der Waals surface area contributed by atoms with Crippen molar-refractivity contribution in [2.45, 2.75) is 0 Å². The summed E-state index contributed by atoms with van der Waals surface area (Å²) < 4.78 is 5.74. The maximum absolute atomic E-state index is 11.8. The number of nitrogens with one attached hydrogen (secondary N) is 1. The third-order valence-electron chi connectivity index (χ3n) is 2.49. The highest BCUT2D eigenvalue weighted by molar-refractivity contribution is 9.10. The maximum Gasteiger partial charge on any atom is 0.337 e. The van der Waals surface area contributed by atoms with Gasteiger partial charge in [0.2, 0.25) is 5.91 Å². The van der Waals surface area contributed by atoms with Crippen LogP contribution in [0.3, 0.4) is 0 Å². The molecule has 0 aliphatic carbocycles. The molecule has 0 saturated carbocycles. The predicted molar refractivity (Wildman–Crippen MR) is 82.5 cm³/mol. The molecule has 2 aromatic rings. The highest BCUT2D eigenvalue weighted by Gasteiger charge is 2.14. The minimum absolute atomic E-state index is 0.0574. The number of hydrogen-bond acceptors (Lipinski definition) is 3. The maximum atomic E-state index is 11.8. The Kier molecular flexibility index (Phi) is 4.82. The summed E-state index contributed by atoms with van der Waals surface area (Å²) in [6.45, 7) is 0. The molecule has 0 fully saturated rings. The van der Waals surface area contributed by atoms with E-state index in [1.54, 1.807) is 12.1 Å².